The lowest BCUT2D eigenvalue weighted by atomic mass is 9.67. The van der Waals surface area contributed by atoms with Crippen molar-refractivity contribution < 1.29 is 14.3 Å². The van der Waals surface area contributed by atoms with Crippen molar-refractivity contribution in [1.29, 1.82) is 0 Å². The van der Waals surface area contributed by atoms with Gasteiger partial charge in [0.25, 0.3) is 0 Å². The largest absolute Gasteiger partial charge is 0.384 e. The summed E-state index contributed by atoms with van der Waals surface area (Å²) in [7, 11) is 1.69. The molecule has 0 radical (unpaired) electrons. The number of carbonyl (C=O) groups excluding carboxylic acids is 1. The number of hydrogen-bond acceptors (Lipinski definition) is 4. The summed E-state index contributed by atoms with van der Waals surface area (Å²) < 4.78 is 11.0. The molecule has 2 aliphatic rings. The molecule has 0 bridgehead atoms. The van der Waals surface area contributed by atoms with Crippen LogP contribution >= 0.6 is 11.8 Å². The van der Waals surface area contributed by atoms with Gasteiger partial charge in [-0.1, -0.05) is 12.1 Å². The van der Waals surface area contributed by atoms with E-state index < -0.39 is 0 Å². The second-order valence-corrected chi connectivity index (χ2v) is 6.58. The van der Waals surface area contributed by atoms with Gasteiger partial charge in [-0.2, -0.15) is 0 Å². The average molecular weight is 322 g/mol. The molecule has 1 saturated heterocycles. The molecule has 1 aromatic carbocycles. The fraction of sp³-hybridized carbons (Fsp3) is 0.562. The molecule has 1 aliphatic carbocycles. The third-order valence-corrected chi connectivity index (χ3v) is 5.34. The number of amides is 2. The van der Waals surface area contributed by atoms with Crippen molar-refractivity contribution in [3.05, 3.63) is 24.3 Å². The van der Waals surface area contributed by atoms with Crippen LogP contribution in [0.2, 0.25) is 0 Å². The maximum atomic E-state index is 12.3. The third-order valence-electron chi connectivity index (χ3n) is 4.54. The number of ether oxygens (including phenoxy) is 2. The van der Waals surface area contributed by atoms with E-state index in [1.165, 1.54) is 0 Å². The highest BCUT2D eigenvalue weighted by molar-refractivity contribution is 7.98. The topological polar surface area (TPSA) is 59.6 Å². The smallest absolute Gasteiger partial charge is 0.319 e. The Kier molecular flexibility index (Phi) is 4.90. The molecule has 1 aromatic rings. The summed E-state index contributed by atoms with van der Waals surface area (Å²) in [6.45, 7) is 1.40. The van der Waals surface area contributed by atoms with E-state index >= 15 is 0 Å². The number of anilines is 1. The van der Waals surface area contributed by atoms with E-state index in [1.54, 1.807) is 18.9 Å². The minimum atomic E-state index is -0.155. The molecule has 1 saturated carbocycles. The summed E-state index contributed by atoms with van der Waals surface area (Å²) in [6, 6.07) is 7.79. The van der Waals surface area contributed by atoms with Crippen LogP contribution in [0, 0.1) is 11.8 Å². The van der Waals surface area contributed by atoms with Gasteiger partial charge in [0.15, 0.2) is 0 Å². The van der Waals surface area contributed by atoms with Crippen LogP contribution in [-0.4, -0.2) is 44.8 Å². The van der Waals surface area contributed by atoms with Gasteiger partial charge in [0.2, 0.25) is 0 Å². The number of thioether (sulfide) groups is 1. The Morgan fingerprint density at radius 1 is 1.45 bits per heavy atom. The van der Waals surface area contributed by atoms with Gasteiger partial charge in [0, 0.05) is 36.5 Å². The number of carbonyl (C=O) groups is 1. The minimum absolute atomic E-state index is 0.133. The number of nitrogens with one attached hydrogen (secondary N) is 2. The van der Waals surface area contributed by atoms with Crippen molar-refractivity contribution in [2.24, 2.45) is 11.8 Å². The molecule has 120 valence electrons. The highest BCUT2D eigenvalue weighted by Crippen LogP contribution is 2.43. The zero-order valence-electron chi connectivity index (χ0n) is 12.9. The lowest BCUT2D eigenvalue weighted by Crippen LogP contribution is -2.63. The molecule has 0 aromatic heterocycles. The Morgan fingerprint density at radius 3 is 3.05 bits per heavy atom. The van der Waals surface area contributed by atoms with Crippen LogP contribution in [0.15, 0.2) is 29.2 Å². The first-order valence-electron chi connectivity index (χ1n) is 7.55. The van der Waals surface area contributed by atoms with Gasteiger partial charge in [-0.15, -0.1) is 11.8 Å². The number of rotatable bonds is 5. The molecule has 5 nitrogen and oxygen atoms in total. The van der Waals surface area contributed by atoms with E-state index in [4.69, 9.17) is 9.47 Å². The second-order valence-electron chi connectivity index (χ2n) is 5.73. The van der Waals surface area contributed by atoms with Crippen LogP contribution in [-0.2, 0) is 9.47 Å². The number of fused-ring (bicyclic) bond motifs is 1. The van der Waals surface area contributed by atoms with Gasteiger partial charge < -0.3 is 20.1 Å². The zero-order valence-corrected chi connectivity index (χ0v) is 13.7. The monoisotopic (exact) mass is 322 g/mol. The van der Waals surface area contributed by atoms with Crippen molar-refractivity contribution in [2.45, 2.75) is 23.5 Å². The summed E-state index contributed by atoms with van der Waals surface area (Å²) in [4.78, 5) is 13.4. The highest BCUT2D eigenvalue weighted by Gasteiger charge is 2.54. The lowest BCUT2D eigenvalue weighted by molar-refractivity contribution is -0.0798. The standard InChI is InChI=1S/C16H22N2O3S/c1-20-9-11-14(10-7-8-21-15(10)11)18-16(19)17-12-5-3-4-6-13(12)22-2/h3-6,10-11,14-15H,7-9H2,1-2H3,(H2,17,18,19)/t10-,11+,14+,15-/m1/s1. The number of urea groups is 1. The molecule has 22 heavy (non-hydrogen) atoms. The van der Waals surface area contributed by atoms with Crippen LogP contribution in [0.25, 0.3) is 0 Å². The van der Waals surface area contributed by atoms with Crippen LogP contribution in [0.1, 0.15) is 6.42 Å². The van der Waals surface area contributed by atoms with Gasteiger partial charge in [-0.05, 0) is 24.8 Å². The third kappa shape index (κ3) is 2.95. The van der Waals surface area contributed by atoms with Gasteiger partial charge in [-0.3, -0.25) is 0 Å². The molecule has 3 rings (SSSR count). The molecule has 1 aliphatic heterocycles. The van der Waals surface area contributed by atoms with E-state index in [9.17, 15) is 4.79 Å². The molecule has 0 spiro atoms. The summed E-state index contributed by atoms with van der Waals surface area (Å²) in [6.07, 6.45) is 3.25. The maximum absolute atomic E-state index is 12.3. The van der Waals surface area contributed by atoms with E-state index in [2.05, 4.69) is 10.6 Å². The van der Waals surface area contributed by atoms with Crippen molar-refractivity contribution in [3.63, 3.8) is 0 Å². The average Bonchev–Trinajstić information content (AvgIpc) is 2.95. The molecule has 2 N–H and O–H groups in total. The molecular formula is C16H22N2O3S. The Morgan fingerprint density at radius 2 is 2.27 bits per heavy atom. The molecule has 2 fully saturated rings. The summed E-state index contributed by atoms with van der Waals surface area (Å²) in [5, 5.41) is 6.05. The number of methoxy groups -OCH3 is 1. The fourth-order valence-corrected chi connectivity index (χ4v) is 4.05. The lowest BCUT2D eigenvalue weighted by Gasteiger charge is -2.47. The van der Waals surface area contributed by atoms with E-state index in [1.807, 2.05) is 30.5 Å². The highest BCUT2D eigenvalue weighted by atomic mass is 32.2. The van der Waals surface area contributed by atoms with Crippen molar-refractivity contribution in [3.8, 4) is 0 Å². The Balaban J connectivity index is 1.61. The number of benzene rings is 1. The zero-order chi connectivity index (χ0) is 15.5. The predicted octanol–water partition coefficient (Wildman–Crippen LogP) is 2.58. The van der Waals surface area contributed by atoms with Crippen LogP contribution in [0.3, 0.4) is 0 Å². The molecule has 0 unspecified atom stereocenters. The normalized spacial score (nSPS) is 29.5. The molecular weight excluding hydrogens is 300 g/mol. The molecule has 6 heteroatoms. The first-order chi connectivity index (χ1) is 10.7. The number of para-hydroxylation sites is 1. The van der Waals surface area contributed by atoms with E-state index in [0.717, 1.165) is 23.6 Å². The summed E-state index contributed by atoms with van der Waals surface area (Å²) >= 11 is 1.62. The quantitative estimate of drug-likeness (QED) is 0.818. The van der Waals surface area contributed by atoms with E-state index in [-0.39, 0.29) is 24.1 Å². The molecule has 4 atom stereocenters. The Hall–Kier alpha value is -1.24. The minimum Gasteiger partial charge on any atom is -0.384 e. The second kappa shape index (κ2) is 6.89. The fourth-order valence-electron chi connectivity index (χ4n) is 3.49. The summed E-state index contributed by atoms with van der Waals surface area (Å²) in [5.41, 5.74) is 0.842. The van der Waals surface area contributed by atoms with Gasteiger partial charge in [0.05, 0.1) is 18.4 Å². The maximum Gasteiger partial charge on any atom is 0.319 e. The van der Waals surface area contributed by atoms with Gasteiger partial charge in [0.1, 0.15) is 0 Å². The van der Waals surface area contributed by atoms with Crippen molar-refractivity contribution >= 4 is 23.5 Å². The van der Waals surface area contributed by atoms with Crippen LogP contribution < -0.4 is 10.6 Å². The Bertz CT molecular complexity index is 540. The van der Waals surface area contributed by atoms with Gasteiger partial charge >= 0.3 is 6.03 Å². The molecule has 2 amide bonds. The first kappa shape index (κ1) is 15.6. The van der Waals surface area contributed by atoms with Gasteiger partial charge in [-0.25, -0.2) is 4.79 Å². The number of hydrogen-bond donors (Lipinski definition) is 2. The summed E-state index contributed by atoms with van der Waals surface area (Å²) in [5.74, 6) is 0.667. The van der Waals surface area contributed by atoms with Crippen molar-refractivity contribution in [1.82, 2.24) is 5.32 Å². The Labute approximate surface area is 135 Å². The predicted molar refractivity (Wildman–Crippen MR) is 87.4 cm³/mol. The van der Waals surface area contributed by atoms with Crippen molar-refractivity contribution in [2.75, 3.05) is 31.9 Å². The molecule has 1 heterocycles. The van der Waals surface area contributed by atoms with Crippen LogP contribution in [0.4, 0.5) is 10.5 Å². The van der Waals surface area contributed by atoms with Crippen LogP contribution in [0.5, 0.6) is 0 Å². The SMILES string of the molecule is COC[C@H]1[C@@H](NC(=O)Nc2ccccc2SC)[C@H]2CCO[C@H]21. The van der Waals surface area contributed by atoms with E-state index in [0.29, 0.717) is 12.5 Å². The first-order valence-corrected chi connectivity index (χ1v) is 8.78.